The average Bonchev–Trinajstić information content (AvgIpc) is 2.40. The van der Waals surface area contributed by atoms with E-state index < -0.39 is 0 Å². The van der Waals surface area contributed by atoms with Crippen LogP contribution >= 0.6 is 0 Å². The van der Waals surface area contributed by atoms with Crippen molar-refractivity contribution in [3.05, 3.63) is 35.4 Å². The molecular formula is C17H25NO. The number of benzene rings is 1. The summed E-state index contributed by atoms with van der Waals surface area (Å²) < 4.78 is 0. The molecule has 0 amide bonds. The van der Waals surface area contributed by atoms with Gasteiger partial charge in [-0.2, -0.15) is 0 Å². The maximum Gasteiger partial charge on any atom is 0.133 e. The zero-order chi connectivity index (χ0) is 13.8. The topological polar surface area (TPSA) is 20.3 Å². The first-order valence-electron chi connectivity index (χ1n) is 7.37. The first-order valence-corrected chi connectivity index (χ1v) is 7.37. The molecule has 0 aliphatic heterocycles. The molecule has 0 heterocycles. The van der Waals surface area contributed by atoms with Crippen LogP contribution in [0.15, 0.2) is 24.3 Å². The van der Waals surface area contributed by atoms with Crippen LogP contribution in [0, 0.1) is 0 Å². The highest BCUT2D eigenvalue weighted by Gasteiger charge is 2.21. The van der Waals surface area contributed by atoms with Crippen molar-refractivity contribution >= 4 is 5.78 Å². The molecule has 0 unspecified atom stereocenters. The summed E-state index contributed by atoms with van der Waals surface area (Å²) in [7, 11) is 2.18. The molecule has 1 aromatic rings. The van der Waals surface area contributed by atoms with Gasteiger partial charge in [0, 0.05) is 25.4 Å². The number of hydrogen-bond donors (Lipinski definition) is 0. The van der Waals surface area contributed by atoms with E-state index in [1.807, 2.05) is 0 Å². The van der Waals surface area contributed by atoms with E-state index in [0.717, 1.165) is 32.2 Å². The summed E-state index contributed by atoms with van der Waals surface area (Å²) in [5.74, 6) is 1.03. The number of carbonyl (C=O) groups excluding carboxylic acids is 1. The van der Waals surface area contributed by atoms with E-state index in [1.54, 1.807) is 0 Å². The first kappa shape index (κ1) is 14.3. The largest absolute Gasteiger partial charge is 0.300 e. The molecule has 104 valence electrons. The van der Waals surface area contributed by atoms with Crippen LogP contribution in [0.1, 0.15) is 56.6 Å². The quantitative estimate of drug-likeness (QED) is 0.820. The number of nitrogens with zero attached hydrogens (tertiary/aromatic N) is 1. The van der Waals surface area contributed by atoms with Gasteiger partial charge in [-0.3, -0.25) is 9.69 Å². The third-order valence-electron chi connectivity index (χ3n) is 4.21. The molecule has 19 heavy (non-hydrogen) atoms. The Morgan fingerprint density at radius 2 is 1.74 bits per heavy atom. The minimum Gasteiger partial charge on any atom is -0.300 e. The lowest BCUT2D eigenvalue weighted by atomic mass is 9.93. The Labute approximate surface area is 116 Å². The Kier molecular flexibility index (Phi) is 4.76. The van der Waals surface area contributed by atoms with Crippen molar-refractivity contribution in [3.63, 3.8) is 0 Å². The average molecular weight is 259 g/mol. The molecule has 0 aromatic heterocycles. The van der Waals surface area contributed by atoms with Crippen LogP contribution in [0.2, 0.25) is 0 Å². The Balaban J connectivity index is 1.91. The van der Waals surface area contributed by atoms with E-state index in [2.05, 4.69) is 50.1 Å². The third kappa shape index (κ3) is 3.90. The van der Waals surface area contributed by atoms with Crippen LogP contribution in [-0.2, 0) is 11.3 Å². The normalized spacial score (nSPS) is 17.4. The fourth-order valence-electron chi connectivity index (χ4n) is 2.79. The number of rotatable bonds is 4. The maximum absolute atomic E-state index is 11.3. The highest BCUT2D eigenvalue weighted by Crippen LogP contribution is 2.21. The minimum absolute atomic E-state index is 0.436. The lowest BCUT2D eigenvalue weighted by Crippen LogP contribution is -2.34. The SMILES string of the molecule is CC(C)c1ccc(CN(C)C2CCC(=O)CC2)cc1. The van der Waals surface area contributed by atoms with Crippen LogP contribution in [0.4, 0.5) is 0 Å². The molecule has 2 rings (SSSR count). The second-order valence-electron chi connectivity index (χ2n) is 6.08. The predicted octanol–water partition coefficient (Wildman–Crippen LogP) is 3.75. The smallest absolute Gasteiger partial charge is 0.133 e. The Bertz CT molecular complexity index is 411. The second-order valence-corrected chi connectivity index (χ2v) is 6.08. The highest BCUT2D eigenvalue weighted by molar-refractivity contribution is 5.79. The van der Waals surface area contributed by atoms with Crippen LogP contribution < -0.4 is 0 Å². The van der Waals surface area contributed by atoms with Crippen molar-refractivity contribution in [2.75, 3.05) is 7.05 Å². The van der Waals surface area contributed by atoms with Crippen molar-refractivity contribution in [2.24, 2.45) is 0 Å². The first-order chi connectivity index (χ1) is 9.06. The number of hydrogen-bond acceptors (Lipinski definition) is 2. The van der Waals surface area contributed by atoms with E-state index >= 15 is 0 Å². The molecular weight excluding hydrogens is 234 g/mol. The van der Waals surface area contributed by atoms with Gasteiger partial charge in [-0.15, -0.1) is 0 Å². The van der Waals surface area contributed by atoms with Gasteiger partial charge < -0.3 is 0 Å². The van der Waals surface area contributed by atoms with Gasteiger partial charge in [-0.25, -0.2) is 0 Å². The summed E-state index contributed by atoms with van der Waals surface area (Å²) in [4.78, 5) is 13.7. The molecule has 0 atom stereocenters. The molecule has 1 fully saturated rings. The predicted molar refractivity (Wildman–Crippen MR) is 79.3 cm³/mol. The minimum atomic E-state index is 0.436. The molecule has 1 saturated carbocycles. The summed E-state index contributed by atoms with van der Waals surface area (Å²) in [5.41, 5.74) is 2.76. The molecule has 0 N–H and O–H groups in total. The molecule has 0 radical (unpaired) electrons. The van der Waals surface area contributed by atoms with Gasteiger partial charge in [-0.05, 0) is 36.9 Å². The van der Waals surface area contributed by atoms with Gasteiger partial charge in [0.05, 0.1) is 0 Å². The number of carbonyl (C=O) groups is 1. The lowest BCUT2D eigenvalue weighted by Gasteiger charge is -2.30. The number of Topliss-reactive ketones (excluding diaryl/α,β-unsaturated/α-hetero) is 1. The van der Waals surface area contributed by atoms with Gasteiger partial charge >= 0.3 is 0 Å². The lowest BCUT2D eigenvalue weighted by molar-refractivity contribution is -0.121. The van der Waals surface area contributed by atoms with E-state index in [1.165, 1.54) is 11.1 Å². The summed E-state index contributed by atoms with van der Waals surface area (Å²) in [6, 6.07) is 9.51. The second kappa shape index (κ2) is 6.33. The molecule has 0 spiro atoms. The van der Waals surface area contributed by atoms with E-state index in [9.17, 15) is 4.79 Å². The molecule has 2 nitrogen and oxygen atoms in total. The summed E-state index contributed by atoms with van der Waals surface area (Å²) in [5, 5.41) is 0. The summed E-state index contributed by atoms with van der Waals surface area (Å²) in [6.07, 6.45) is 3.58. The summed E-state index contributed by atoms with van der Waals surface area (Å²) >= 11 is 0. The van der Waals surface area contributed by atoms with E-state index in [-0.39, 0.29) is 0 Å². The molecule has 1 aliphatic carbocycles. The Morgan fingerprint density at radius 3 is 2.26 bits per heavy atom. The van der Waals surface area contributed by atoms with Gasteiger partial charge in [-0.1, -0.05) is 38.1 Å². The van der Waals surface area contributed by atoms with Crippen LogP contribution in [0.5, 0.6) is 0 Å². The van der Waals surface area contributed by atoms with Crippen molar-refractivity contribution in [3.8, 4) is 0 Å². The molecule has 2 heteroatoms. The zero-order valence-corrected chi connectivity index (χ0v) is 12.4. The Morgan fingerprint density at radius 1 is 1.16 bits per heavy atom. The fourth-order valence-corrected chi connectivity index (χ4v) is 2.79. The standard InChI is InChI=1S/C17H25NO/c1-13(2)15-6-4-14(5-7-15)12-18(3)16-8-10-17(19)11-9-16/h4-7,13,16H,8-12H2,1-3H3. The van der Waals surface area contributed by atoms with Crippen LogP contribution in [-0.4, -0.2) is 23.8 Å². The molecule has 0 saturated heterocycles. The molecule has 1 aromatic carbocycles. The maximum atomic E-state index is 11.3. The monoisotopic (exact) mass is 259 g/mol. The Hall–Kier alpha value is -1.15. The van der Waals surface area contributed by atoms with Crippen LogP contribution in [0.25, 0.3) is 0 Å². The van der Waals surface area contributed by atoms with Crippen molar-refractivity contribution < 1.29 is 4.79 Å². The summed E-state index contributed by atoms with van der Waals surface area (Å²) in [6.45, 7) is 5.43. The fraction of sp³-hybridized carbons (Fsp3) is 0.588. The van der Waals surface area contributed by atoms with E-state index in [4.69, 9.17) is 0 Å². The van der Waals surface area contributed by atoms with Crippen molar-refractivity contribution in [1.82, 2.24) is 4.90 Å². The highest BCUT2D eigenvalue weighted by atomic mass is 16.1. The number of ketones is 1. The van der Waals surface area contributed by atoms with Gasteiger partial charge in [0.15, 0.2) is 0 Å². The van der Waals surface area contributed by atoms with Crippen molar-refractivity contribution in [1.29, 1.82) is 0 Å². The molecule has 1 aliphatic rings. The third-order valence-corrected chi connectivity index (χ3v) is 4.21. The van der Waals surface area contributed by atoms with Gasteiger partial charge in [0.25, 0.3) is 0 Å². The van der Waals surface area contributed by atoms with Crippen LogP contribution in [0.3, 0.4) is 0 Å². The van der Waals surface area contributed by atoms with E-state index in [0.29, 0.717) is 17.7 Å². The van der Waals surface area contributed by atoms with Crippen molar-refractivity contribution in [2.45, 2.75) is 58.0 Å². The van der Waals surface area contributed by atoms with Gasteiger partial charge in [0.1, 0.15) is 5.78 Å². The zero-order valence-electron chi connectivity index (χ0n) is 12.4. The van der Waals surface area contributed by atoms with Gasteiger partial charge in [0.2, 0.25) is 0 Å². The molecule has 0 bridgehead atoms.